The Balaban J connectivity index is 1.44. The van der Waals surface area contributed by atoms with Crippen molar-refractivity contribution in [1.82, 2.24) is 14.3 Å². The highest BCUT2D eigenvalue weighted by molar-refractivity contribution is 7.71. The van der Waals surface area contributed by atoms with Crippen LogP contribution in [0.25, 0.3) is 0 Å². The van der Waals surface area contributed by atoms with E-state index in [1.165, 1.54) is 50.9 Å². The van der Waals surface area contributed by atoms with Crippen LogP contribution < -0.4 is 4.90 Å². The highest BCUT2D eigenvalue weighted by Crippen LogP contribution is 2.42. The minimum atomic E-state index is 0.670. The largest absolute Gasteiger partial charge is 0.310 e. The topological polar surface area (TPSA) is 27.2 Å². The molecule has 4 heterocycles. The number of hydrogen-bond donors (Lipinski definition) is 1. The van der Waals surface area contributed by atoms with Crippen LogP contribution >= 0.6 is 23.6 Å². The van der Waals surface area contributed by atoms with E-state index in [0.717, 1.165) is 30.3 Å². The van der Waals surface area contributed by atoms with Crippen LogP contribution in [0.3, 0.4) is 0 Å². The monoisotopic (exact) mass is 361 g/mol. The molecule has 0 bridgehead atoms. The van der Waals surface area contributed by atoms with Gasteiger partial charge in [0.15, 0.2) is 6.67 Å². The quantitative estimate of drug-likeness (QED) is 0.851. The summed E-state index contributed by atoms with van der Waals surface area (Å²) in [6.45, 7) is 3.22. The number of aromatic nitrogens is 3. The molecule has 24 heavy (non-hydrogen) atoms. The van der Waals surface area contributed by atoms with Crippen molar-refractivity contribution in [2.24, 2.45) is 5.92 Å². The molecule has 0 saturated heterocycles. The second kappa shape index (κ2) is 6.07. The van der Waals surface area contributed by atoms with Crippen molar-refractivity contribution in [3.8, 4) is 0 Å². The van der Waals surface area contributed by atoms with Gasteiger partial charge in [0.25, 0.3) is 0 Å². The molecule has 1 N–H and O–H groups in total. The summed E-state index contributed by atoms with van der Waals surface area (Å²) >= 11 is 7.72. The zero-order valence-electron chi connectivity index (χ0n) is 14.0. The molecular formula is C18H25N4S2+. The fourth-order valence-electron chi connectivity index (χ4n) is 4.60. The zero-order valence-corrected chi connectivity index (χ0v) is 15.7. The van der Waals surface area contributed by atoms with E-state index >= 15 is 0 Å². The SMILES string of the molecule is S=c1n(C[NH+]2CCc3sccc3[C@H]2C2CC2)nc2n1CCCCC2. The maximum atomic E-state index is 5.77. The van der Waals surface area contributed by atoms with Gasteiger partial charge in [0.05, 0.1) is 6.54 Å². The predicted octanol–water partition coefficient (Wildman–Crippen LogP) is 2.75. The molecule has 0 radical (unpaired) electrons. The molecule has 4 nitrogen and oxygen atoms in total. The van der Waals surface area contributed by atoms with E-state index in [2.05, 4.69) is 20.7 Å². The number of nitrogens with one attached hydrogen (secondary N) is 1. The third-order valence-electron chi connectivity index (χ3n) is 5.96. The number of rotatable bonds is 3. The van der Waals surface area contributed by atoms with Gasteiger partial charge in [-0.05, 0) is 49.3 Å². The first-order valence-corrected chi connectivity index (χ1v) is 10.7. The first kappa shape index (κ1) is 15.3. The molecule has 1 aliphatic carbocycles. The highest BCUT2D eigenvalue weighted by Gasteiger charge is 2.43. The van der Waals surface area contributed by atoms with Gasteiger partial charge in [0.1, 0.15) is 11.9 Å². The number of aryl methyl sites for hydroxylation is 1. The van der Waals surface area contributed by atoms with Crippen molar-refractivity contribution in [2.75, 3.05) is 6.54 Å². The van der Waals surface area contributed by atoms with E-state index in [1.54, 1.807) is 15.3 Å². The molecule has 0 aromatic carbocycles. The first-order valence-electron chi connectivity index (χ1n) is 9.38. The maximum absolute atomic E-state index is 5.77. The van der Waals surface area contributed by atoms with Gasteiger partial charge in [-0.2, -0.15) is 9.78 Å². The Morgan fingerprint density at radius 1 is 1.25 bits per heavy atom. The van der Waals surface area contributed by atoms with Crippen LogP contribution in [0.15, 0.2) is 11.4 Å². The summed E-state index contributed by atoms with van der Waals surface area (Å²) in [6.07, 6.45) is 8.90. The fraction of sp³-hybridized carbons (Fsp3) is 0.667. The molecule has 3 aliphatic rings. The van der Waals surface area contributed by atoms with Crippen LogP contribution in [-0.2, 0) is 26.1 Å². The standard InChI is InChI=1S/C18H24N4S2/c23-18-21-9-3-1-2-4-16(21)19-22(18)12-20-10-7-15-14(8-11-24-15)17(20)13-5-6-13/h8,11,13,17H,1-7,9-10,12H2/p+1/t17-/m1/s1. The number of fused-ring (bicyclic) bond motifs is 2. The van der Waals surface area contributed by atoms with Crippen molar-refractivity contribution < 1.29 is 4.90 Å². The van der Waals surface area contributed by atoms with Gasteiger partial charge in [-0.1, -0.05) is 6.42 Å². The lowest BCUT2D eigenvalue weighted by Gasteiger charge is -2.32. The molecule has 128 valence electrons. The van der Waals surface area contributed by atoms with Crippen LogP contribution in [0.1, 0.15) is 54.4 Å². The van der Waals surface area contributed by atoms with Gasteiger partial charge < -0.3 is 9.47 Å². The number of hydrogen-bond acceptors (Lipinski definition) is 3. The second-order valence-electron chi connectivity index (χ2n) is 7.59. The third kappa shape index (κ3) is 2.59. The van der Waals surface area contributed by atoms with Crippen LogP contribution in [-0.4, -0.2) is 20.9 Å². The summed E-state index contributed by atoms with van der Waals surface area (Å²) < 4.78 is 5.39. The maximum Gasteiger partial charge on any atom is 0.202 e. The van der Waals surface area contributed by atoms with Gasteiger partial charge in [-0.25, -0.2) is 0 Å². The Bertz CT molecular complexity index is 798. The molecule has 0 amide bonds. The Kier molecular flexibility index (Phi) is 3.87. The molecule has 1 saturated carbocycles. The molecule has 1 fully saturated rings. The van der Waals surface area contributed by atoms with Crippen LogP contribution in [0, 0.1) is 10.7 Å². The van der Waals surface area contributed by atoms with Crippen LogP contribution in [0.2, 0.25) is 0 Å². The normalized spacial score (nSPS) is 26.7. The lowest BCUT2D eigenvalue weighted by atomic mass is 9.96. The van der Waals surface area contributed by atoms with Gasteiger partial charge in [0.2, 0.25) is 4.77 Å². The molecule has 0 spiro atoms. The predicted molar refractivity (Wildman–Crippen MR) is 97.9 cm³/mol. The van der Waals surface area contributed by atoms with Crippen molar-refractivity contribution in [1.29, 1.82) is 0 Å². The number of quaternary nitrogens is 1. The van der Waals surface area contributed by atoms with Crippen molar-refractivity contribution in [3.63, 3.8) is 0 Å². The summed E-state index contributed by atoms with van der Waals surface area (Å²) in [6, 6.07) is 3.05. The van der Waals surface area contributed by atoms with Gasteiger partial charge >= 0.3 is 0 Å². The summed E-state index contributed by atoms with van der Waals surface area (Å²) in [5, 5.41) is 7.20. The molecule has 2 aromatic rings. The first-order chi connectivity index (χ1) is 11.8. The zero-order chi connectivity index (χ0) is 16.1. The lowest BCUT2D eigenvalue weighted by molar-refractivity contribution is -0.958. The molecule has 2 atom stereocenters. The Morgan fingerprint density at radius 3 is 3.04 bits per heavy atom. The minimum absolute atomic E-state index is 0.670. The summed E-state index contributed by atoms with van der Waals surface area (Å²) in [5.74, 6) is 2.09. The van der Waals surface area contributed by atoms with Gasteiger partial charge in [-0.3, -0.25) is 0 Å². The molecular weight excluding hydrogens is 336 g/mol. The van der Waals surface area contributed by atoms with Gasteiger partial charge in [0, 0.05) is 35.7 Å². The van der Waals surface area contributed by atoms with Crippen molar-refractivity contribution in [2.45, 2.75) is 64.2 Å². The van der Waals surface area contributed by atoms with E-state index in [9.17, 15) is 0 Å². The smallest absolute Gasteiger partial charge is 0.202 e. The average Bonchev–Trinajstić information content (AvgIpc) is 3.30. The van der Waals surface area contributed by atoms with Gasteiger partial charge in [-0.15, -0.1) is 11.3 Å². The minimum Gasteiger partial charge on any atom is -0.310 e. The summed E-state index contributed by atoms with van der Waals surface area (Å²) in [5.41, 5.74) is 1.62. The molecule has 2 aliphatic heterocycles. The Labute approximate surface area is 152 Å². The van der Waals surface area contributed by atoms with Crippen LogP contribution in [0.4, 0.5) is 0 Å². The summed E-state index contributed by atoms with van der Waals surface area (Å²) in [4.78, 5) is 3.30. The third-order valence-corrected chi connectivity index (χ3v) is 7.38. The average molecular weight is 362 g/mol. The summed E-state index contributed by atoms with van der Waals surface area (Å²) in [7, 11) is 0. The Morgan fingerprint density at radius 2 is 2.17 bits per heavy atom. The van der Waals surface area contributed by atoms with Crippen molar-refractivity contribution in [3.05, 3.63) is 32.5 Å². The lowest BCUT2D eigenvalue weighted by Crippen LogP contribution is -3.13. The number of thiophene rings is 1. The van der Waals surface area contributed by atoms with Crippen LogP contribution in [0.5, 0.6) is 0 Å². The fourth-order valence-corrected chi connectivity index (χ4v) is 5.83. The highest BCUT2D eigenvalue weighted by atomic mass is 32.1. The van der Waals surface area contributed by atoms with E-state index in [0.29, 0.717) is 6.04 Å². The second-order valence-corrected chi connectivity index (χ2v) is 8.96. The van der Waals surface area contributed by atoms with Crippen molar-refractivity contribution >= 4 is 23.6 Å². The van der Waals surface area contributed by atoms with E-state index < -0.39 is 0 Å². The number of nitrogens with zero attached hydrogens (tertiary/aromatic N) is 3. The van der Waals surface area contributed by atoms with E-state index in [1.807, 2.05) is 11.3 Å². The molecule has 1 unspecified atom stereocenters. The van der Waals surface area contributed by atoms with E-state index in [-0.39, 0.29) is 0 Å². The molecule has 2 aromatic heterocycles. The Hall–Kier alpha value is -0.980. The van der Waals surface area contributed by atoms with E-state index in [4.69, 9.17) is 17.3 Å². The molecule has 5 rings (SSSR count). The molecule has 6 heteroatoms.